The van der Waals surface area contributed by atoms with Crippen LogP contribution in [0, 0.1) is 0 Å². The molecule has 0 saturated heterocycles. The van der Waals surface area contributed by atoms with Crippen LogP contribution in [0.15, 0.2) is 0 Å². The molecule has 0 aromatic rings. The van der Waals surface area contributed by atoms with Crippen LogP contribution in [0.1, 0.15) is 0 Å². The molecule has 0 heterocycles. The third-order valence-electron chi connectivity index (χ3n) is 0. The zero-order valence-electron chi connectivity index (χ0n) is 3.58. The van der Waals surface area contributed by atoms with E-state index in [2.05, 4.69) is 19.6 Å². The van der Waals surface area contributed by atoms with Crippen molar-refractivity contribution in [2.75, 3.05) is 0 Å². The van der Waals surface area contributed by atoms with Crippen molar-refractivity contribution in [1.82, 2.24) is 0 Å². The van der Waals surface area contributed by atoms with Gasteiger partial charge in [-0.15, -0.1) is 0 Å². The normalized spacial score (nSPS) is 7.20. The van der Waals surface area contributed by atoms with Crippen LogP contribution in [0.3, 0.4) is 0 Å². The zero-order chi connectivity index (χ0) is 3.58. The standard InChI is InChI=1S/C3H10Si.Na.H/c1-4(2)3;;/h4H,1-3H3;;. The molecule has 28 valence electrons. The van der Waals surface area contributed by atoms with Gasteiger partial charge in [-0.05, 0) is 0 Å². The molecule has 0 aliphatic carbocycles. The van der Waals surface area contributed by atoms with Gasteiger partial charge >= 0.3 is 29.6 Å². The summed E-state index contributed by atoms with van der Waals surface area (Å²) in [5.41, 5.74) is 0. The van der Waals surface area contributed by atoms with Crippen LogP contribution in [0.25, 0.3) is 0 Å². The second-order valence-corrected chi connectivity index (χ2v) is 5.20. The summed E-state index contributed by atoms with van der Waals surface area (Å²) in [5.74, 6) is 0. The Morgan fingerprint density at radius 3 is 1.00 bits per heavy atom. The van der Waals surface area contributed by atoms with Crippen molar-refractivity contribution in [3.63, 3.8) is 0 Å². The Balaban J connectivity index is 0. The average molecular weight is 98.2 g/mol. The first-order chi connectivity index (χ1) is 1.73. The molecular formula is C3H11NaSi. The molecule has 0 unspecified atom stereocenters. The van der Waals surface area contributed by atoms with Crippen LogP contribution in [-0.4, -0.2) is 38.4 Å². The van der Waals surface area contributed by atoms with Crippen molar-refractivity contribution in [2.24, 2.45) is 0 Å². The molecule has 0 atom stereocenters. The first kappa shape index (κ1) is 9.52. The second kappa shape index (κ2) is 5.22. The quantitative estimate of drug-likeness (QED) is 0.386. The van der Waals surface area contributed by atoms with Crippen molar-refractivity contribution in [2.45, 2.75) is 19.6 Å². The zero-order valence-corrected chi connectivity index (χ0v) is 4.73. The van der Waals surface area contributed by atoms with Crippen molar-refractivity contribution >= 4 is 38.4 Å². The van der Waals surface area contributed by atoms with Crippen LogP contribution in [0.5, 0.6) is 0 Å². The molecule has 0 fully saturated rings. The molecule has 0 saturated carbocycles. The van der Waals surface area contributed by atoms with Gasteiger partial charge in [0.25, 0.3) is 0 Å². The molecule has 0 radical (unpaired) electrons. The van der Waals surface area contributed by atoms with Crippen LogP contribution in [0.2, 0.25) is 19.6 Å². The summed E-state index contributed by atoms with van der Waals surface area (Å²) in [6.07, 6.45) is 0. The van der Waals surface area contributed by atoms with Gasteiger partial charge in [-0.25, -0.2) is 0 Å². The van der Waals surface area contributed by atoms with Gasteiger partial charge < -0.3 is 0 Å². The molecule has 0 bridgehead atoms. The minimum atomic E-state index is -0.139. The van der Waals surface area contributed by atoms with Gasteiger partial charge in [0.05, 0.1) is 0 Å². The maximum absolute atomic E-state index is 2.31. The molecule has 5 heavy (non-hydrogen) atoms. The summed E-state index contributed by atoms with van der Waals surface area (Å²) in [5, 5.41) is 0. The predicted octanol–water partition coefficient (Wildman–Crippen LogP) is 0.454. The third kappa shape index (κ3) is 36.5. The summed E-state index contributed by atoms with van der Waals surface area (Å²) < 4.78 is 0. The van der Waals surface area contributed by atoms with E-state index in [4.69, 9.17) is 0 Å². The van der Waals surface area contributed by atoms with Gasteiger partial charge in [0.2, 0.25) is 0 Å². The topological polar surface area (TPSA) is 0 Å². The number of hydrogen-bond acceptors (Lipinski definition) is 0. The van der Waals surface area contributed by atoms with Gasteiger partial charge in [-0.3, -0.25) is 0 Å². The van der Waals surface area contributed by atoms with Gasteiger partial charge in [0, 0.05) is 8.80 Å². The molecule has 0 aliphatic rings. The van der Waals surface area contributed by atoms with E-state index in [1.807, 2.05) is 0 Å². The molecule has 0 spiro atoms. The van der Waals surface area contributed by atoms with Gasteiger partial charge in [0.1, 0.15) is 0 Å². The van der Waals surface area contributed by atoms with Gasteiger partial charge in [0.15, 0.2) is 0 Å². The molecular weight excluding hydrogens is 87.1 g/mol. The fourth-order valence-electron chi connectivity index (χ4n) is 0. The third-order valence-corrected chi connectivity index (χ3v) is 0. The fourth-order valence-corrected chi connectivity index (χ4v) is 0. The summed E-state index contributed by atoms with van der Waals surface area (Å²) in [7, 11) is -0.139. The van der Waals surface area contributed by atoms with Crippen molar-refractivity contribution in [1.29, 1.82) is 0 Å². The van der Waals surface area contributed by atoms with Crippen LogP contribution >= 0.6 is 0 Å². The van der Waals surface area contributed by atoms with Crippen LogP contribution in [-0.2, 0) is 0 Å². The molecule has 0 aromatic carbocycles. The molecule has 0 amide bonds. The molecule has 0 N–H and O–H groups in total. The van der Waals surface area contributed by atoms with E-state index in [-0.39, 0.29) is 38.4 Å². The molecule has 0 rings (SSSR count). The Bertz CT molecular complexity index is 11.6. The predicted molar refractivity (Wildman–Crippen MR) is 31.9 cm³/mol. The summed E-state index contributed by atoms with van der Waals surface area (Å²) >= 11 is 0. The van der Waals surface area contributed by atoms with E-state index >= 15 is 0 Å². The minimum absolute atomic E-state index is 0. The summed E-state index contributed by atoms with van der Waals surface area (Å²) in [4.78, 5) is 0. The van der Waals surface area contributed by atoms with E-state index in [0.717, 1.165) is 0 Å². The SMILES string of the molecule is C[SiH](C)C.[NaH]. The number of rotatable bonds is 0. The monoisotopic (exact) mass is 98.1 g/mol. The van der Waals surface area contributed by atoms with Crippen molar-refractivity contribution < 1.29 is 0 Å². The van der Waals surface area contributed by atoms with Gasteiger partial charge in [-0.2, -0.15) is 0 Å². The first-order valence-electron chi connectivity index (χ1n) is 1.73. The van der Waals surface area contributed by atoms with E-state index in [0.29, 0.717) is 0 Å². The van der Waals surface area contributed by atoms with Crippen LogP contribution < -0.4 is 0 Å². The average Bonchev–Trinajstić information content (AvgIpc) is 0.811. The Morgan fingerprint density at radius 1 is 1.00 bits per heavy atom. The molecule has 0 aliphatic heterocycles. The summed E-state index contributed by atoms with van der Waals surface area (Å²) in [6.45, 7) is 6.92. The van der Waals surface area contributed by atoms with Crippen LogP contribution in [0.4, 0.5) is 0 Å². The maximum atomic E-state index is 2.31. The Kier molecular flexibility index (Phi) is 9.93. The molecule has 0 nitrogen and oxygen atoms in total. The van der Waals surface area contributed by atoms with Crippen molar-refractivity contribution in [3.8, 4) is 0 Å². The first-order valence-corrected chi connectivity index (χ1v) is 5.20. The summed E-state index contributed by atoms with van der Waals surface area (Å²) in [6, 6.07) is 0. The van der Waals surface area contributed by atoms with E-state index in [1.165, 1.54) is 0 Å². The Labute approximate surface area is 57.9 Å². The van der Waals surface area contributed by atoms with Gasteiger partial charge in [-0.1, -0.05) is 19.6 Å². The van der Waals surface area contributed by atoms with E-state index in [9.17, 15) is 0 Å². The molecule has 2 heteroatoms. The van der Waals surface area contributed by atoms with E-state index in [1.54, 1.807) is 0 Å². The number of hydrogen-bond donors (Lipinski definition) is 0. The fraction of sp³-hybridized carbons (Fsp3) is 1.00. The molecule has 0 aromatic heterocycles. The Morgan fingerprint density at radius 2 is 1.00 bits per heavy atom. The second-order valence-electron chi connectivity index (χ2n) is 1.73. The Hall–Kier alpha value is 1.22. The van der Waals surface area contributed by atoms with Crippen molar-refractivity contribution in [3.05, 3.63) is 0 Å². The van der Waals surface area contributed by atoms with E-state index < -0.39 is 0 Å².